The average Bonchev–Trinajstić information content (AvgIpc) is 2.39. The molecule has 0 aliphatic carbocycles. The van der Waals surface area contributed by atoms with Gasteiger partial charge < -0.3 is 15.2 Å². The highest BCUT2D eigenvalue weighted by Gasteiger charge is 2.01. The molecule has 0 aliphatic rings. The van der Waals surface area contributed by atoms with Crippen molar-refractivity contribution in [3.8, 4) is 5.75 Å². The molecule has 0 heterocycles. The molecule has 5 heteroatoms. The van der Waals surface area contributed by atoms with Crippen LogP contribution in [0.5, 0.6) is 5.75 Å². The Morgan fingerprint density at radius 2 is 2.11 bits per heavy atom. The molecular weight excluding hydrogens is 250 g/mol. The molecule has 0 radical (unpaired) electrons. The second-order valence-electron chi connectivity index (χ2n) is 3.89. The molecule has 0 amide bonds. The molecule has 0 saturated heterocycles. The van der Waals surface area contributed by atoms with E-state index in [-0.39, 0.29) is 0 Å². The normalized spacial score (nSPS) is 12.3. The Morgan fingerprint density at radius 1 is 1.28 bits per heavy atom. The molecule has 18 heavy (non-hydrogen) atoms. The fraction of sp³-hybridized carbons (Fsp3) is 0.538. The summed E-state index contributed by atoms with van der Waals surface area (Å²) in [7, 11) is 0.817. The average molecular weight is 271 g/mol. The topological polar surface area (TPSA) is 61.5 Å². The molecule has 1 atom stereocenters. The zero-order chi connectivity index (χ0) is 13.2. The van der Waals surface area contributed by atoms with E-state index in [4.69, 9.17) is 15.2 Å². The third kappa shape index (κ3) is 6.14. The molecule has 1 aromatic rings. The lowest BCUT2D eigenvalue weighted by Crippen LogP contribution is -2.12. The minimum Gasteiger partial charge on any atom is -0.493 e. The first-order chi connectivity index (χ1) is 8.76. The SMILES string of the molecule is COCCCS(=O)CCOc1cccc(CN)c1. The van der Waals surface area contributed by atoms with Crippen molar-refractivity contribution in [2.75, 3.05) is 31.8 Å². The molecule has 0 aliphatic heterocycles. The third-order valence-electron chi connectivity index (χ3n) is 2.43. The van der Waals surface area contributed by atoms with E-state index in [2.05, 4.69) is 0 Å². The monoisotopic (exact) mass is 271 g/mol. The van der Waals surface area contributed by atoms with Crippen molar-refractivity contribution in [1.29, 1.82) is 0 Å². The number of hydrogen-bond acceptors (Lipinski definition) is 4. The highest BCUT2D eigenvalue weighted by Crippen LogP contribution is 2.12. The van der Waals surface area contributed by atoms with Crippen molar-refractivity contribution in [2.45, 2.75) is 13.0 Å². The van der Waals surface area contributed by atoms with E-state index in [1.54, 1.807) is 7.11 Å². The summed E-state index contributed by atoms with van der Waals surface area (Å²) in [6.45, 7) is 1.62. The van der Waals surface area contributed by atoms with Gasteiger partial charge >= 0.3 is 0 Å². The predicted molar refractivity (Wildman–Crippen MR) is 74.2 cm³/mol. The maximum atomic E-state index is 11.6. The van der Waals surface area contributed by atoms with Gasteiger partial charge in [0, 0.05) is 36.8 Å². The van der Waals surface area contributed by atoms with Crippen molar-refractivity contribution in [3.63, 3.8) is 0 Å². The summed E-state index contributed by atoms with van der Waals surface area (Å²) in [4.78, 5) is 0. The number of hydrogen-bond donors (Lipinski definition) is 1. The van der Waals surface area contributed by atoms with Gasteiger partial charge in [-0.3, -0.25) is 4.21 Å². The Morgan fingerprint density at radius 3 is 2.83 bits per heavy atom. The minimum absolute atomic E-state index is 0.466. The van der Waals surface area contributed by atoms with E-state index in [0.717, 1.165) is 17.7 Å². The van der Waals surface area contributed by atoms with Crippen LogP contribution in [0.1, 0.15) is 12.0 Å². The quantitative estimate of drug-likeness (QED) is 0.688. The van der Waals surface area contributed by atoms with Gasteiger partial charge in [0.05, 0.1) is 12.4 Å². The molecule has 1 unspecified atom stereocenters. The number of nitrogens with two attached hydrogens (primary N) is 1. The van der Waals surface area contributed by atoms with Crippen molar-refractivity contribution in [2.24, 2.45) is 5.73 Å². The van der Waals surface area contributed by atoms with Gasteiger partial charge in [0.25, 0.3) is 0 Å². The lowest BCUT2D eigenvalue weighted by atomic mass is 10.2. The van der Waals surface area contributed by atoms with Gasteiger partial charge in [-0.2, -0.15) is 0 Å². The number of rotatable bonds is 9. The Hall–Kier alpha value is -0.910. The number of methoxy groups -OCH3 is 1. The van der Waals surface area contributed by atoms with Gasteiger partial charge in [0.2, 0.25) is 0 Å². The molecule has 0 saturated carbocycles. The summed E-state index contributed by atoms with van der Waals surface area (Å²) < 4.78 is 22.0. The second kappa shape index (κ2) is 9.08. The zero-order valence-corrected chi connectivity index (χ0v) is 11.6. The summed E-state index contributed by atoms with van der Waals surface area (Å²) in [5.41, 5.74) is 6.58. The lowest BCUT2D eigenvalue weighted by molar-refractivity contribution is 0.200. The van der Waals surface area contributed by atoms with Gasteiger partial charge in [-0.15, -0.1) is 0 Å². The molecule has 0 bridgehead atoms. The third-order valence-corrected chi connectivity index (χ3v) is 3.80. The fourth-order valence-corrected chi connectivity index (χ4v) is 2.39. The van der Waals surface area contributed by atoms with Crippen LogP contribution in [0.2, 0.25) is 0 Å². The predicted octanol–water partition coefficient (Wildman–Crippen LogP) is 1.31. The van der Waals surface area contributed by atoms with Crippen LogP contribution in [0.15, 0.2) is 24.3 Å². The molecule has 0 aromatic heterocycles. The molecule has 1 aromatic carbocycles. The van der Waals surface area contributed by atoms with Crippen LogP contribution in [0, 0.1) is 0 Å². The van der Waals surface area contributed by atoms with Crippen molar-refractivity contribution < 1.29 is 13.7 Å². The van der Waals surface area contributed by atoms with E-state index in [0.29, 0.717) is 31.3 Å². The highest BCUT2D eigenvalue weighted by atomic mass is 32.2. The Kier molecular flexibility index (Phi) is 7.64. The molecule has 0 spiro atoms. The summed E-state index contributed by atoms with van der Waals surface area (Å²) in [5.74, 6) is 2.00. The van der Waals surface area contributed by atoms with Crippen molar-refractivity contribution >= 4 is 10.8 Å². The minimum atomic E-state index is -0.832. The summed E-state index contributed by atoms with van der Waals surface area (Å²) in [5, 5.41) is 0. The maximum absolute atomic E-state index is 11.6. The summed E-state index contributed by atoms with van der Waals surface area (Å²) in [6, 6.07) is 7.66. The van der Waals surface area contributed by atoms with Gasteiger partial charge in [0.15, 0.2) is 0 Å². The van der Waals surface area contributed by atoms with Gasteiger partial charge in [-0.05, 0) is 24.1 Å². The first-order valence-electron chi connectivity index (χ1n) is 6.02. The number of ether oxygens (including phenoxy) is 2. The van der Waals surface area contributed by atoms with Crippen LogP contribution in [-0.2, 0) is 22.1 Å². The summed E-state index contributed by atoms with van der Waals surface area (Å²) >= 11 is 0. The Bertz CT molecular complexity index is 371. The van der Waals surface area contributed by atoms with Crippen LogP contribution >= 0.6 is 0 Å². The van der Waals surface area contributed by atoms with Crippen molar-refractivity contribution in [3.05, 3.63) is 29.8 Å². The Labute approximate surface area is 111 Å². The van der Waals surface area contributed by atoms with Gasteiger partial charge in [0.1, 0.15) is 5.75 Å². The smallest absolute Gasteiger partial charge is 0.119 e. The highest BCUT2D eigenvalue weighted by molar-refractivity contribution is 7.84. The van der Waals surface area contributed by atoms with Crippen LogP contribution < -0.4 is 10.5 Å². The van der Waals surface area contributed by atoms with E-state index in [1.807, 2.05) is 24.3 Å². The van der Waals surface area contributed by atoms with Gasteiger partial charge in [-0.1, -0.05) is 12.1 Å². The summed E-state index contributed by atoms with van der Waals surface area (Å²) in [6.07, 6.45) is 0.825. The number of benzene rings is 1. The first-order valence-corrected chi connectivity index (χ1v) is 7.50. The van der Waals surface area contributed by atoms with E-state index >= 15 is 0 Å². The van der Waals surface area contributed by atoms with E-state index in [1.165, 1.54) is 0 Å². The zero-order valence-electron chi connectivity index (χ0n) is 10.8. The fourth-order valence-electron chi connectivity index (χ4n) is 1.48. The van der Waals surface area contributed by atoms with Crippen LogP contribution in [0.25, 0.3) is 0 Å². The van der Waals surface area contributed by atoms with Crippen molar-refractivity contribution in [1.82, 2.24) is 0 Å². The van der Waals surface area contributed by atoms with Gasteiger partial charge in [-0.25, -0.2) is 0 Å². The molecule has 102 valence electrons. The van der Waals surface area contributed by atoms with E-state index < -0.39 is 10.8 Å². The molecule has 1 rings (SSSR count). The molecular formula is C13H21NO3S. The largest absolute Gasteiger partial charge is 0.493 e. The Balaban J connectivity index is 2.22. The maximum Gasteiger partial charge on any atom is 0.119 e. The molecule has 4 nitrogen and oxygen atoms in total. The van der Waals surface area contributed by atoms with E-state index in [9.17, 15) is 4.21 Å². The second-order valence-corrected chi connectivity index (χ2v) is 5.59. The molecule has 0 fully saturated rings. The van der Waals surface area contributed by atoms with Crippen LogP contribution in [0.3, 0.4) is 0 Å². The standard InChI is InChI=1S/C13H21NO3S/c1-16-6-3-8-18(15)9-7-17-13-5-2-4-12(10-13)11-14/h2,4-5,10H,3,6-9,11,14H2,1H3. The molecule has 2 N–H and O–H groups in total. The van der Waals surface area contributed by atoms with Crippen LogP contribution in [0.4, 0.5) is 0 Å². The van der Waals surface area contributed by atoms with Crippen LogP contribution in [-0.4, -0.2) is 36.0 Å². The lowest BCUT2D eigenvalue weighted by Gasteiger charge is -2.07. The first kappa shape index (κ1) is 15.1.